The molecule has 0 atom stereocenters. The van der Waals surface area contributed by atoms with Crippen LogP contribution in [0.1, 0.15) is 12.8 Å². The van der Waals surface area contributed by atoms with Crippen LogP contribution in [0.25, 0.3) is 4.96 Å². The largest absolute Gasteiger partial charge is 0.372 e. The number of nitrogens with zero attached hydrogens (tertiary/aromatic N) is 3. The first-order valence-corrected chi connectivity index (χ1v) is 7.36. The molecule has 2 aromatic heterocycles. The van der Waals surface area contributed by atoms with Crippen molar-refractivity contribution >= 4 is 27.9 Å². The van der Waals surface area contributed by atoms with Crippen LogP contribution in [0.2, 0.25) is 0 Å². The average molecular weight is 293 g/mol. The molecule has 0 aromatic carbocycles. The number of fused-ring (bicyclic) bond motifs is 1. The van der Waals surface area contributed by atoms with Gasteiger partial charge in [-0.1, -0.05) is 23.0 Å². The third-order valence-electron chi connectivity index (χ3n) is 3.31. The molecule has 0 saturated carbocycles. The monoisotopic (exact) mass is 293 g/mol. The van der Waals surface area contributed by atoms with Crippen LogP contribution >= 0.6 is 11.3 Å². The molecular weight excluding hydrogens is 278 g/mol. The molecule has 1 aliphatic rings. The predicted molar refractivity (Wildman–Crippen MR) is 78.4 cm³/mol. The van der Waals surface area contributed by atoms with E-state index in [0.29, 0.717) is 17.3 Å². The lowest BCUT2D eigenvalue weighted by molar-refractivity contribution is -0.389. The van der Waals surface area contributed by atoms with Crippen LogP contribution in [-0.2, 0) is 0 Å². The average Bonchev–Trinajstić information content (AvgIpc) is 2.99. The molecule has 106 valence electrons. The molecule has 1 aliphatic heterocycles. The summed E-state index contributed by atoms with van der Waals surface area (Å²) in [7, 11) is 0. The molecule has 3 heterocycles. The molecule has 8 heteroatoms. The van der Waals surface area contributed by atoms with Gasteiger partial charge in [0.15, 0.2) is 0 Å². The fourth-order valence-corrected chi connectivity index (χ4v) is 3.01. The molecule has 0 bridgehead atoms. The van der Waals surface area contributed by atoms with E-state index in [4.69, 9.17) is 0 Å². The minimum Gasteiger partial charge on any atom is -0.363 e. The van der Waals surface area contributed by atoms with Crippen molar-refractivity contribution in [2.24, 2.45) is 0 Å². The van der Waals surface area contributed by atoms with Gasteiger partial charge in [-0.15, -0.1) is 0 Å². The van der Waals surface area contributed by atoms with Gasteiger partial charge in [-0.25, -0.2) is 0 Å². The highest BCUT2D eigenvalue weighted by atomic mass is 32.1. The van der Waals surface area contributed by atoms with E-state index in [-0.39, 0.29) is 5.82 Å². The number of nitro groups is 1. The molecule has 0 spiro atoms. The van der Waals surface area contributed by atoms with Crippen molar-refractivity contribution in [2.45, 2.75) is 12.8 Å². The normalized spacial score (nSPS) is 15.3. The van der Waals surface area contributed by atoms with Gasteiger partial charge < -0.3 is 20.7 Å². The van der Waals surface area contributed by atoms with Gasteiger partial charge in [-0.3, -0.25) is 0 Å². The van der Waals surface area contributed by atoms with Gasteiger partial charge in [0.2, 0.25) is 5.82 Å². The highest BCUT2D eigenvalue weighted by molar-refractivity contribution is 7.15. The van der Waals surface area contributed by atoms with E-state index in [1.807, 2.05) is 0 Å². The van der Waals surface area contributed by atoms with Gasteiger partial charge in [0.25, 0.3) is 4.96 Å². The van der Waals surface area contributed by atoms with E-state index < -0.39 is 4.92 Å². The second-order valence-corrected chi connectivity index (χ2v) is 5.46. The summed E-state index contributed by atoms with van der Waals surface area (Å²) in [6.45, 7) is 2.58. The second-order valence-electron chi connectivity index (χ2n) is 4.59. The van der Waals surface area contributed by atoms with Crippen molar-refractivity contribution in [3.05, 3.63) is 33.3 Å². The maximum absolute atomic E-state index is 11.1. The molecular formula is C12H15N5O2S. The molecule has 2 aromatic rings. The van der Waals surface area contributed by atoms with Gasteiger partial charge in [0, 0.05) is 18.5 Å². The second kappa shape index (κ2) is 5.59. The lowest BCUT2D eigenvalue weighted by atomic mass is 10.1. The smallest absolute Gasteiger partial charge is 0.363 e. The lowest BCUT2D eigenvalue weighted by Gasteiger charge is -2.13. The molecule has 0 fully saturated rings. The molecule has 7 nitrogen and oxygen atoms in total. The van der Waals surface area contributed by atoms with Crippen molar-refractivity contribution in [3.8, 4) is 0 Å². The van der Waals surface area contributed by atoms with Crippen LogP contribution in [0.15, 0.2) is 23.2 Å². The molecule has 0 radical (unpaired) electrons. The summed E-state index contributed by atoms with van der Waals surface area (Å²) in [6.07, 6.45) is 5.79. The molecule has 0 amide bonds. The maximum Gasteiger partial charge on any atom is 0.372 e. The summed E-state index contributed by atoms with van der Waals surface area (Å²) in [5, 5.41) is 19.3. The zero-order valence-electron chi connectivity index (χ0n) is 10.8. The summed E-state index contributed by atoms with van der Waals surface area (Å²) in [5.41, 5.74) is 1.39. The Balaban J connectivity index is 1.70. The number of nitrogens with one attached hydrogen (secondary N) is 2. The number of hydrogen-bond donors (Lipinski definition) is 2. The molecule has 0 aliphatic carbocycles. The molecule has 0 saturated heterocycles. The Morgan fingerprint density at radius 1 is 1.60 bits per heavy atom. The van der Waals surface area contributed by atoms with Crippen LogP contribution in [-0.4, -0.2) is 33.9 Å². The quantitative estimate of drug-likeness (QED) is 0.500. The first kappa shape index (κ1) is 13.1. The number of thiazole rings is 1. The van der Waals surface area contributed by atoms with Gasteiger partial charge in [0.05, 0.1) is 0 Å². The lowest BCUT2D eigenvalue weighted by Crippen LogP contribution is -2.21. The van der Waals surface area contributed by atoms with E-state index in [2.05, 4.69) is 21.7 Å². The Labute approximate surface area is 119 Å². The fourth-order valence-electron chi connectivity index (χ4n) is 2.30. The van der Waals surface area contributed by atoms with Crippen molar-refractivity contribution < 1.29 is 4.92 Å². The zero-order valence-corrected chi connectivity index (χ0v) is 11.7. The summed E-state index contributed by atoms with van der Waals surface area (Å²) in [4.78, 5) is 15.7. The molecule has 3 rings (SSSR count). The van der Waals surface area contributed by atoms with E-state index in [9.17, 15) is 10.1 Å². The standard InChI is InChI=1S/C12H15N5O2S/c18-17(19)11-10(15-12-16(11)7-8-20-12)14-6-3-9-1-4-13-5-2-9/h1,7-8,13-14H,2-6H2. The highest BCUT2D eigenvalue weighted by Gasteiger charge is 2.23. The van der Waals surface area contributed by atoms with Gasteiger partial charge in [-0.2, -0.15) is 9.38 Å². The molecule has 0 unspecified atom stereocenters. The molecule has 2 N–H and O–H groups in total. The number of aromatic nitrogens is 2. The van der Waals surface area contributed by atoms with E-state index in [1.165, 1.54) is 21.3 Å². The van der Waals surface area contributed by atoms with Crippen LogP contribution in [0.3, 0.4) is 0 Å². The summed E-state index contributed by atoms with van der Waals surface area (Å²) in [5.74, 6) is 0.372. The first-order valence-electron chi connectivity index (χ1n) is 6.48. The minimum absolute atomic E-state index is 0.0144. The summed E-state index contributed by atoms with van der Waals surface area (Å²) >= 11 is 1.39. The van der Waals surface area contributed by atoms with E-state index >= 15 is 0 Å². The summed E-state index contributed by atoms with van der Waals surface area (Å²) < 4.78 is 1.51. The Morgan fingerprint density at radius 3 is 3.25 bits per heavy atom. The van der Waals surface area contributed by atoms with Crippen molar-refractivity contribution in [3.63, 3.8) is 0 Å². The number of rotatable bonds is 5. The SMILES string of the molecule is O=[N+]([O-])c1c(NCCC2=CCNCC2)nc2sccn12. The third-order valence-corrected chi connectivity index (χ3v) is 4.06. The number of imidazole rings is 1. The maximum atomic E-state index is 11.1. The van der Waals surface area contributed by atoms with E-state index in [0.717, 1.165) is 25.9 Å². The van der Waals surface area contributed by atoms with Gasteiger partial charge in [-0.05, 0) is 24.3 Å². The van der Waals surface area contributed by atoms with Crippen LogP contribution < -0.4 is 10.6 Å². The predicted octanol–water partition coefficient (Wildman–Crippen LogP) is 2.03. The van der Waals surface area contributed by atoms with Crippen molar-refractivity contribution in [2.75, 3.05) is 25.0 Å². The molecule has 20 heavy (non-hydrogen) atoms. The van der Waals surface area contributed by atoms with E-state index in [1.54, 1.807) is 11.6 Å². The Morgan fingerprint density at radius 2 is 2.50 bits per heavy atom. The van der Waals surface area contributed by atoms with Gasteiger partial charge in [0.1, 0.15) is 6.20 Å². The number of hydrogen-bond acceptors (Lipinski definition) is 6. The topological polar surface area (TPSA) is 84.5 Å². The van der Waals surface area contributed by atoms with Crippen LogP contribution in [0.4, 0.5) is 11.6 Å². The van der Waals surface area contributed by atoms with Crippen molar-refractivity contribution in [1.29, 1.82) is 0 Å². The zero-order chi connectivity index (χ0) is 13.9. The Bertz CT molecular complexity index is 660. The summed E-state index contributed by atoms with van der Waals surface area (Å²) in [6, 6.07) is 0. The fraction of sp³-hybridized carbons (Fsp3) is 0.417. The Kier molecular flexibility index (Phi) is 3.66. The van der Waals surface area contributed by atoms with Crippen LogP contribution in [0.5, 0.6) is 0 Å². The van der Waals surface area contributed by atoms with Crippen LogP contribution in [0, 0.1) is 10.1 Å². The highest BCUT2D eigenvalue weighted by Crippen LogP contribution is 2.28. The number of anilines is 1. The minimum atomic E-state index is -0.390. The van der Waals surface area contributed by atoms with Crippen molar-refractivity contribution in [1.82, 2.24) is 14.7 Å². The Hall–Kier alpha value is -1.93. The first-order chi connectivity index (χ1) is 9.75. The van der Waals surface area contributed by atoms with Gasteiger partial charge >= 0.3 is 5.82 Å². The third kappa shape index (κ3) is 2.52.